The lowest BCUT2D eigenvalue weighted by molar-refractivity contribution is 0.102. The number of rotatable bonds is 4. The Kier molecular flexibility index (Phi) is 3.69. The molecule has 22 heavy (non-hydrogen) atoms. The van der Waals surface area contributed by atoms with Crippen LogP contribution >= 0.6 is 0 Å². The maximum absolute atomic E-state index is 12.3. The molecule has 1 N–H and O–H groups in total. The third kappa shape index (κ3) is 2.73. The quantitative estimate of drug-likeness (QED) is 0.801. The van der Waals surface area contributed by atoms with E-state index in [1.54, 1.807) is 16.9 Å². The molecule has 0 radical (unpaired) electrons. The van der Waals surface area contributed by atoms with Crippen LogP contribution in [0.3, 0.4) is 0 Å². The number of carbonyl (C=O) groups excluding carboxylic acids is 1. The summed E-state index contributed by atoms with van der Waals surface area (Å²) in [5.41, 5.74) is 1.05. The Morgan fingerprint density at radius 2 is 1.91 bits per heavy atom. The van der Waals surface area contributed by atoms with Gasteiger partial charge in [0, 0.05) is 12.1 Å². The van der Waals surface area contributed by atoms with Gasteiger partial charge in [0.15, 0.2) is 5.69 Å². The van der Waals surface area contributed by atoms with E-state index in [9.17, 15) is 4.79 Å². The SMILES string of the molecule is CC(C)n1nccc1NC(=O)c1cnn(-c2ccccc2)n1. The molecule has 0 bridgehead atoms. The highest BCUT2D eigenvalue weighted by Gasteiger charge is 2.14. The number of nitrogens with one attached hydrogen (secondary N) is 1. The Morgan fingerprint density at radius 1 is 1.14 bits per heavy atom. The molecule has 1 aromatic carbocycles. The molecule has 2 heterocycles. The molecule has 1 amide bonds. The van der Waals surface area contributed by atoms with Crippen LogP contribution in [-0.2, 0) is 0 Å². The van der Waals surface area contributed by atoms with E-state index in [0.717, 1.165) is 5.69 Å². The zero-order valence-electron chi connectivity index (χ0n) is 12.3. The molecule has 0 aliphatic heterocycles. The van der Waals surface area contributed by atoms with E-state index >= 15 is 0 Å². The van der Waals surface area contributed by atoms with Crippen molar-refractivity contribution >= 4 is 11.7 Å². The number of para-hydroxylation sites is 1. The second-order valence-corrected chi connectivity index (χ2v) is 5.06. The first-order valence-corrected chi connectivity index (χ1v) is 6.98. The maximum atomic E-state index is 12.3. The average Bonchev–Trinajstić information content (AvgIpc) is 3.17. The van der Waals surface area contributed by atoms with Crippen molar-refractivity contribution in [2.24, 2.45) is 0 Å². The fraction of sp³-hybridized carbons (Fsp3) is 0.200. The molecule has 7 heteroatoms. The molecule has 0 unspecified atom stereocenters. The van der Waals surface area contributed by atoms with Crippen LogP contribution in [0.2, 0.25) is 0 Å². The molecule has 3 rings (SSSR count). The van der Waals surface area contributed by atoms with Crippen molar-refractivity contribution in [2.45, 2.75) is 19.9 Å². The van der Waals surface area contributed by atoms with Crippen LogP contribution in [0.1, 0.15) is 30.4 Å². The molecule has 0 atom stereocenters. The first-order valence-electron chi connectivity index (χ1n) is 6.98. The van der Waals surface area contributed by atoms with Crippen molar-refractivity contribution in [3.8, 4) is 5.69 Å². The van der Waals surface area contributed by atoms with Gasteiger partial charge in [-0.3, -0.25) is 4.79 Å². The monoisotopic (exact) mass is 296 g/mol. The summed E-state index contributed by atoms with van der Waals surface area (Å²) in [6.45, 7) is 3.99. The van der Waals surface area contributed by atoms with Gasteiger partial charge in [0.1, 0.15) is 5.82 Å². The van der Waals surface area contributed by atoms with Gasteiger partial charge in [0.05, 0.1) is 18.1 Å². The molecule has 0 spiro atoms. The molecule has 7 nitrogen and oxygen atoms in total. The summed E-state index contributed by atoms with van der Waals surface area (Å²) in [6, 6.07) is 11.3. The highest BCUT2D eigenvalue weighted by Crippen LogP contribution is 2.14. The Bertz CT molecular complexity index is 774. The van der Waals surface area contributed by atoms with Crippen molar-refractivity contribution in [1.29, 1.82) is 0 Å². The number of nitrogens with zero attached hydrogens (tertiary/aromatic N) is 5. The zero-order chi connectivity index (χ0) is 15.5. The standard InChI is InChI=1S/C15H16N6O/c1-11(2)20-14(8-9-16-20)18-15(22)13-10-17-21(19-13)12-6-4-3-5-7-12/h3-11H,1-2H3,(H,18,22). The van der Waals surface area contributed by atoms with E-state index in [1.807, 2.05) is 44.2 Å². The van der Waals surface area contributed by atoms with Gasteiger partial charge in [0.25, 0.3) is 5.91 Å². The average molecular weight is 296 g/mol. The molecule has 0 aliphatic rings. The number of hydrogen-bond acceptors (Lipinski definition) is 4. The molecule has 0 saturated heterocycles. The van der Waals surface area contributed by atoms with Crippen LogP contribution in [0, 0.1) is 0 Å². The minimum absolute atomic E-state index is 0.158. The van der Waals surface area contributed by atoms with E-state index in [2.05, 4.69) is 20.6 Å². The van der Waals surface area contributed by atoms with Gasteiger partial charge in [-0.1, -0.05) is 18.2 Å². The van der Waals surface area contributed by atoms with E-state index < -0.39 is 0 Å². The Labute approximate surface area is 127 Å². The van der Waals surface area contributed by atoms with Crippen LogP contribution in [0.4, 0.5) is 5.82 Å². The fourth-order valence-electron chi connectivity index (χ4n) is 2.06. The third-order valence-electron chi connectivity index (χ3n) is 3.11. The zero-order valence-corrected chi connectivity index (χ0v) is 12.3. The number of anilines is 1. The van der Waals surface area contributed by atoms with E-state index in [-0.39, 0.29) is 17.6 Å². The number of hydrogen-bond donors (Lipinski definition) is 1. The van der Waals surface area contributed by atoms with Gasteiger partial charge in [-0.05, 0) is 26.0 Å². The fourth-order valence-corrected chi connectivity index (χ4v) is 2.06. The van der Waals surface area contributed by atoms with Crippen LogP contribution in [0.25, 0.3) is 5.69 Å². The molecule has 112 valence electrons. The molecule has 3 aromatic rings. The van der Waals surface area contributed by atoms with Crippen LogP contribution in [0.15, 0.2) is 48.8 Å². The van der Waals surface area contributed by atoms with Crippen molar-refractivity contribution in [1.82, 2.24) is 24.8 Å². The lowest BCUT2D eigenvalue weighted by atomic mass is 10.3. The van der Waals surface area contributed by atoms with Gasteiger partial charge in [0.2, 0.25) is 0 Å². The molecule has 0 fully saturated rings. The van der Waals surface area contributed by atoms with Crippen LogP contribution in [-0.4, -0.2) is 30.7 Å². The first kappa shape index (κ1) is 14.0. The normalized spacial score (nSPS) is 10.9. The third-order valence-corrected chi connectivity index (χ3v) is 3.11. The van der Waals surface area contributed by atoms with Crippen molar-refractivity contribution < 1.29 is 4.79 Å². The highest BCUT2D eigenvalue weighted by atomic mass is 16.2. The molecule has 0 aliphatic carbocycles. The van der Waals surface area contributed by atoms with Crippen LogP contribution < -0.4 is 5.32 Å². The van der Waals surface area contributed by atoms with Gasteiger partial charge in [-0.25, -0.2) is 4.68 Å². The molecule has 0 saturated carbocycles. The summed E-state index contributed by atoms with van der Waals surface area (Å²) in [6.07, 6.45) is 3.09. The summed E-state index contributed by atoms with van der Waals surface area (Å²) in [4.78, 5) is 13.7. The van der Waals surface area contributed by atoms with E-state index in [1.165, 1.54) is 11.0 Å². The summed E-state index contributed by atoms with van der Waals surface area (Å²) in [5.74, 6) is 0.318. The smallest absolute Gasteiger partial charge is 0.279 e. The van der Waals surface area contributed by atoms with Gasteiger partial charge >= 0.3 is 0 Å². The molecular weight excluding hydrogens is 280 g/mol. The Morgan fingerprint density at radius 3 is 2.64 bits per heavy atom. The summed E-state index contributed by atoms with van der Waals surface area (Å²) in [7, 11) is 0. The molecular formula is C15H16N6O. The van der Waals surface area contributed by atoms with Gasteiger partial charge in [-0.15, -0.1) is 5.10 Å². The second-order valence-electron chi connectivity index (χ2n) is 5.06. The first-order chi connectivity index (χ1) is 10.6. The predicted molar refractivity (Wildman–Crippen MR) is 81.9 cm³/mol. The Hall–Kier alpha value is -2.96. The lowest BCUT2D eigenvalue weighted by Crippen LogP contribution is -2.17. The van der Waals surface area contributed by atoms with Crippen molar-refractivity contribution in [3.05, 3.63) is 54.5 Å². The summed E-state index contributed by atoms with van der Waals surface area (Å²) >= 11 is 0. The van der Waals surface area contributed by atoms with E-state index in [4.69, 9.17) is 0 Å². The minimum atomic E-state index is -0.315. The number of aromatic nitrogens is 5. The number of amides is 1. The van der Waals surface area contributed by atoms with Crippen molar-refractivity contribution in [3.63, 3.8) is 0 Å². The Balaban J connectivity index is 1.79. The van der Waals surface area contributed by atoms with Crippen LogP contribution in [0.5, 0.6) is 0 Å². The number of carbonyl (C=O) groups is 1. The number of benzene rings is 1. The largest absolute Gasteiger partial charge is 0.305 e. The topological polar surface area (TPSA) is 77.6 Å². The maximum Gasteiger partial charge on any atom is 0.279 e. The van der Waals surface area contributed by atoms with Gasteiger partial charge in [-0.2, -0.15) is 15.0 Å². The summed E-state index contributed by atoms with van der Waals surface area (Å²) < 4.78 is 1.74. The molecule has 2 aromatic heterocycles. The second kappa shape index (κ2) is 5.80. The van der Waals surface area contributed by atoms with Crippen molar-refractivity contribution in [2.75, 3.05) is 5.32 Å². The van der Waals surface area contributed by atoms with Gasteiger partial charge < -0.3 is 5.32 Å². The van der Waals surface area contributed by atoms with E-state index in [0.29, 0.717) is 5.82 Å². The highest BCUT2D eigenvalue weighted by molar-refractivity contribution is 6.02. The summed E-state index contributed by atoms with van der Waals surface area (Å²) in [5, 5.41) is 15.3. The lowest BCUT2D eigenvalue weighted by Gasteiger charge is -2.10. The minimum Gasteiger partial charge on any atom is -0.305 e. The predicted octanol–water partition coefficient (Wildman–Crippen LogP) is 2.30.